The maximum Gasteiger partial charge on any atom is 0.241 e. The summed E-state index contributed by atoms with van der Waals surface area (Å²) < 4.78 is 11.3. The fraction of sp³-hybridized carbons (Fsp3) is 0.0870. The van der Waals surface area contributed by atoms with E-state index < -0.39 is 5.91 Å². The van der Waals surface area contributed by atoms with Crippen LogP contribution in [-0.2, 0) is 11.4 Å². The molecule has 0 heterocycles. The van der Waals surface area contributed by atoms with Gasteiger partial charge in [0.15, 0.2) is 0 Å². The van der Waals surface area contributed by atoms with Gasteiger partial charge in [0.1, 0.15) is 18.1 Å². The summed E-state index contributed by atoms with van der Waals surface area (Å²) in [5, 5.41) is 0. The highest BCUT2D eigenvalue weighted by molar-refractivity contribution is 5.90. The molecule has 0 spiro atoms. The van der Waals surface area contributed by atoms with Crippen molar-refractivity contribution in [3.63, 3.8) is 0 Å². The fourth-order valence-electron chi connectivity index (χ4n) is 2.73. The molecule has 0 aromatic heterocycles. The Morgan fingerprint density at radius 2 is 1.67 bits per heavy atom. The molecule has 0 unspecified atom stereocenters. The molecule has 0 aliphatic heterocycles. The molecule has 0 aliphatic rings. The minimum Gasteiger partial charge on any atom is -0.496 e. The third-order valence-electron chi connectivity index (χ3n) is 4.10. The van der Waals surface area contributed by atoms with Crippen LogP contribution >= 0.6 is 0 Å². The first kappa shape index (κ1) is 18.3. The van der Waals surface area contributed by atoms with Gasteiger partial charge in [-0.3, -0.25) is 4.79 Å². The van der Waals surface area contributed by atoms with Gasteiger partial charge in [-0.25, -0.2) is 0 Å². The van der Waals surface area contributed by atoms with E-state index in [0.29, 0.717) is 6.61 Å². The molecule has 2 N–H and O–H groups in total. The van der Waals surface area contributed by atoms with Gasteiger partial charge in [-0.15, -0.1) is 0 Å². The van der Waals surface area contributed by atoms with Gasteiger partial charge in [-0.1, -0.05) is 48.5 Å². The number of benzene rings is 3. The molecule has 0 bridgehead atoms. The van der Waals surface area contributed by atoms with Crippen molar-refractivity contribution in [3.05, 3.63) is 90.0 Å². The molecular formula is C23H21NO3. The maximum absolute atomic E-state index is 10.9. The minimum atomic E-state index is -0.484. The minimum absolute atomic E-state index is 0.353. The van der Waals surface area contributed by atoms with Gasteiger partial charge in [0.25, 0.3) is 0 Å². The Morgan fingerprint density at radius 1 is 0.963 bits per heavy atom. The molecule has 0 aliphatic carbocycles. The molecule has 1 amide bonds. The Hall–Kier alpha value is -3.53. The molecule has 0 saturated heterocycles. The predicted molar refractivity (Wildman–Crippen MR) is 107 cm³/mol. The molecule has 3 aromatic carbocycles. The smallest absolute Gasteiger partial charge is 0.241 e. The highest BCUT2D eigenvalue weighted by atomic mass is 16.5. The van der Waals surface area contributed by atoms with E-state index in [0.717, 1.165) is 28.2 Å². The van der Waals surface area contributed by atoms with E-state index >= 15 is 0 Å². The lowest BCUT2D eigenvalue weighted by molar-refractivity contribution is -0.113. The fourth-order valence-corrected chi connectivity index (χ4v) is 2.73. The lowest BCUT2D eigenvalue weighted by atomic mass is 10.1. The van der Waals surface area contributed by atoms with Crippen LogP contribution in [0.25, 0.3) is 17.2 Å². The van der Waals surface area contributed by atoms with Crippen LogP contribution in [0.5, 0.6) is 11.5 Å². The molecule has 0 radical (unpaired) electrons. The number of primary amides is 1. The molecule has 136 valence electrons. The Bertz CT molecular complexity index is 932. The van der Waals surface area contributed by atoms with Gasteiger partial charge < -0.3 is 15.2 Å². The third-order valence-corrected chi connectivity index (χ3v) is 4.10. The van der Waals surface area contributed by atoms with E-state index in [2.05, 4.69) is 12.1 Å². The van der Waals surface area contributed by atoms with Crippen molar-refractivity contribution < 1.29 is 14.3 Å². The van der Waals surface area contributed by atoms with Gasteiger partial charge in [0.05, 0.1) is 7.11 Å². The summed E-state index contributed by atoms with van der Waals surface area (Å²) in [6, 6.07) is 23.8. The second-order valence-electron chi connectivity index (χ2n) is 5.99. The quantitative estimate of drug-likeness (QED) is 0.635. The number of rotatable bonds is 7. The average molecular weight is 359 g/mol. The summed E-state index contributed by atoms with van der Waals surface area (Å²) in [7, 11) is 1.62. The molecule has 4 heteroatoms. The normalized spacial score (nSPS) is 10.7. The number of hydrogen-bond donors (Lipinski definition) is 1. The van der Waals surface area contributed by atoms with E-state index in [-0.39, 0.29) is 0 Å². The van der Waals surface area contributed by atoms with Crippen molar-refractivity contribution in [2.45, 2.75) is 6.61 Å². The number of carbonyl (C=O) groups excluding carboxylic acids is 1. The zero-order valence-corrected chi connectivity index (χ0v) is 15.1. The monoisotopic (exact) mass is 359 g/mol. The Balaban J connectivity index is 1.72. The van der Waals surface area contributed by atoms with Crippen molar-refractivity contribution >= 4 is 12.0 Å². The van der Waals surface area contributed by atoms with Crippen molar-refractivity contribution in [2.75, 3.05) is 7.11 Å². The Morgan fingerprint density at radius 3 is 2.33 bits per heavy atom. The van der Waals surface area contributed by atoms with Crippen LogP contribution in [0.1, 0.15) is 11.1 Å². The SMILES string of the molecule is COc1ccc(/C=C\C(N)=O)cc1COc1ccc(-c2ccccc2)cc1. The molecule has 3 rings (SSSR count). The standard InChI is InChI=1S/C23H21NO3/c1-26-22-13-7-17(8-14-23(24)25)15-20(22)16-27-21-11-9-19(10-12-21)18-5-3-2-4-6-18/h2-15H,16H2,1H3,(H2,24,25)/b14-8-. The number of ether oxygens (including phenoxy) is 2. The van der Waals surface area contributed by atoms with Crippen LogP contribution < -0.4 is 15.2 Å². The topological polar surface area (TPSA) is 61.5 Å². The average Bonchev–Trinajstić information content (AvgIpc) is 2.71. The lowest BCUT2D eigenvalue weighted by Gasteiger charge is -2.12. The highest BCUT2D eigenvalue weighted by Gasteiger charge is 2.06. The van der Waals surface area contributed by atoms with Crippen LogP contribution in [0.2, 0.25) is 0 Å². The number of carbonyl (C=O) groups is 1. The summed E-state index contributed by atoms with van der Waals surface area (Å²) in [5.41, 5.74) is 9.19. The van der Waals surface area contributed by atoms with Crippen molar-refractivity contribution in [3.8, 4) is 22.6 Å². The van der Waals surface area contributed by atoms with Crippen molar-refractivity contribution in [1.82, 2.24) is 0 Å². The van der Waals surface area contributed by atoms with Crippen LogP contribution in [0, 0.1) is 0 Å². The maximum atomic E-state index is 10.9. The van der Waals surface area contributed by atoms with Gasteiger partial charge in [-0.2, -0.15) is 0 Å². The molecule has 3 aromatic rings. The zero-order chi connectivity index (χ0) is 19.1. The van der Waals surface area contributed by atoms with Crippen molar-refractivity contribution in [1.29, 1.82) is 0 Å². The van der Waals surface area contributed by atoms with Crippen LogP contribution in [0.4, 0.5) is 0 Å². The van der Waals surface area contributed by atoms with Gasteiger partial charge in [0.2, 0.25) is 5.91 Å². The van der Waals surface area contributed by atoms with E-state index in [1.54, 1.807) is 13.2 Å². The van der Waals surface area contributed by atoms with Crippen molar-refractivity contribution in [2.24, 2.45) is 5.73 Å². The Kier molecular flexibility index (Phi) is 5.90. The van der Waals surface area contributed by atoms with E-state index in [1.807, 2.05) is 60.7 Å². The van der Waals surface area contributed by atoms with Crippen LogP contribution in [-0.4, -0.2) is 13.0 Å². The van der Waals surface area contributed by atoms with Gasteiger partial charge in [0, 0.05) is 11.6 Å². The molecule has 27 heavy (non-hydrogen) atoms. The number of amides is 1. The molecule has 4 nitrogen and oxygen atoms in total. The molecule has 0 fully saturated rings. The molecule has 0 saturated carbocycles. The molecule has 0 atom stereocenters. The first-order valence-corrected chi connectivity index (χ1v) is 8.58. The summed E-state index contributed by atoms with van der Waals surface area (Å²) in [5.74, 6) is 1.02. The highest BCUT2D eigenvalue weighted by Crippen LogP contribution is 2.25. The summed E-state index contributed by atoms with van der Waals surface area (Å²) >= 11 is 0. The predicted octanol–water partition coefficient (Wildman–Crippen LogP) is 4.44. The number of methoxy groups -OCH3 is 1. The largest absolute Gasteiger partial charge is 0.496 e. The molecular weight excluding hydrogens is 338 g/mol. The van der Waals surface area contributed by atoms with E-state index in [1.165, 1.54) is 11.6 Å². The van der Waals surface area contributed by atoms with Gasteiger partial charge in [-0.05, 0) is 47.0 Å². The van der Waals surface area contributed by atoms with E-state index in [9.17, 15) is 4.79 Å². The Labute approximate surface area is 158 Å². The summed E-state index contributed by atoms with van der Waals surface area (Å²) in [6.45, 7) is 0.353. The lowest BCUT2D eigenvalue weighted by Crippen LogP contribution is -2.05. The van der Waals surface area contributed by atoms with Crippen LogP contribution in [0.15, 0.2) is 78.9 Å². The third kappa shape index (κ3) is 4.98. The summed E-state index contributed by atoms with van der Waals surface area (Å²) in [6.07, 6.45) is 2.99. The second kappa shape index (κ2) is 8.72. The van der Waals surface area contributed by atoms with Gasteiger partial charge >= 0.3 is 0 Å². The number of nitrogens with two attached hydrogens (primary N) is 1. The second-order valence-corrected chi connectivity index (χ2v) is 5.99. The van der Waals surface area contributed by atoms with Crippen LogP contribution in [0.3, 0.4) is 0 Å². The first-order chi connectivity index (χ1) is 13.2. The first-order valence-electron chi connectivity index (χ1n) is 8.58. The summed E-state index contributed by atoms with van der Waals surface area (Å²) in [4.78, 5) is 10.9. The zero-order valence-electron chi connectivity index (χ0n) is 15.1. The van der Waals surface area contributed by atoms with E-state index in [4.69, 9.17) is 15.2 Å². The number of hydrogen-bond acceptors (Lipinski definition) is 3.